The van der Waals surface area contributed by atoms with E-state index in [9.17, 15) is 0 Å². The molecule has 0 saturated heterocycles. The van der Waals surface area contributed by atoms with Gasteiger partial charge in [-0.2, -0.15) is 0 Å². The Bertz CT molecular complexity index is 29.5. The average molecular weight is 244 g/mol. The first kappa shape index (κ1) is 12.5. The molecular formula is C8H20Te. The molecule has 0 aliphatic carbocycles. The van der Waals surface area contributed by atoms with E-state index in [1.807, 2.05) is 0 Å². The maximum absolute atomic E-state index is 2.26. The number of rotatable bonds is 5. The zero-order valence-corrected chi connectivity index (χ0v) is 9.60. The average Bonchev–Trinajstić information content (AvgIpc) is 1.81. The van der Waals surface area contributed by atoms with Crippen LogP contribution in [0.1, 0.15) is 52.4 Å². The van der Waals surface area contributed by atoms with E-state index in [0.29, 0.717) is 0 Å². The molecule has 0 atom stereocenters. The predicted octanol–water partition coefficient (Wildman–Crippen LogP) is 2.45. The van der Waals surface area contributed by atoms with E-state index in [2.05, 4.69) is 13.8 Å². The zero-order valence-electron chi connectivity index (χ0n) is 6.74. The summed E-state index contributed by atoms with van der Waals surface area (Å²) in [5.41, 5.74) is 0. The number of unbranched alkanes of at least 4 members (excludes halogenated alkanes) is 5. The molecule has 0 aromatic rings. The van der Waals surface area contributed by atoms with Crippen molar-refractivity contribution in [1.29, 1.82) is 0 Å². The van der Waals surface area contributed by atoms with Crippen molar-refractivity contribution in [2.75, 3.05) is 0 Å². The third-order valence-corrected chi connectivity index (χ3v) is 1.46. The van der Waals surface area contributed by atoms with Crippen LogP contribution in [0.3, 0.4) is 0 Å². The third-order valence-electron chi connectivity index (χ3n) is 1.46. The van der Waals surface area contributed by atoms with Gasteiger partial charge in [0.05, 0.1) is 0 Å². The minimum absolute atomic E-state index is 0. The summed E-state index contributed by atoms with van der Waals surface area (Å²) < 4.78 is 0. The predicted molar refractivity (Wildman–Crippen MR) is 47.6 cm³/mol. The van der Waals surface area contributed by atoms with Crippen molar-refractivity contribution in [3.8, 4) is 0 Å². The van der Waals surface area contributed by atoms with Gasteiger partial charge in [-0.15, -0.1) is 0 Å². The Morgan fingerprint density at radius 2 is 1.00 bits per heavy atom. The van der Waals surface area contributed by atoms with Gasteiger partial charge in [-0.25, -0.2) is 0 Å². The van der Waals surface area contributed by atoms with Gasteiger partial charge in [-0.3, -0.25) is 0 Å². The SMILES string of the molecule is CCCCCCCC.[TeH2]. The minimum atomic E-state index is 0. The molecule has 0 aromatic carbocycles. The molecule has 0 N–H and O–H groups in total. The molecule has 9 heavy (non-hydrogen) atoms. The second-order valence-electron chi connectivity index (χ2n) is 2.41. The van der Waals surface area contributed by atoms with Crippen LogP contribution < -0.4 is 0 Å². The molecule has 0 spiro atoms. The van der Waals surface area contributed by atoms with Crippen LogP contribution in [0.5, 0.6) is 0 Å². The second kappa shape index (κ2) is 11.6. The summed E-state index contributed by atoms with van der Waals surface area (Å²) in [4.78, 5) is 0. The fourth-order valence-electron chi connectivity index (χ4n) is 0.854. The van der Waals surface area contributed by atoms with Gasteiger partial charge in [0.25, 0.3) is 0 Å². The van der Waals surface area contributed by atoms with Gasteiger partial charge >= 0.3 is 23.7 Å². The third kappa shape index (κ3) is 12.1. The monoisotopic (exact) mass is 246 g/mol. The van der Waals surface area contributed by atoms with Crippen LogP contribution in [0.15, 0.2) is 0 Å². The van der Waals surface area contributed by atoms with Gasteiger partial charge in [0.1, 0.15) is 0 Å². The van der Waals surface area contributed by atoms with Crippen molar-refractivity contribution < 1.29 is 0 Å². The van der Waals surface area contributed by atoms with E-state index < -0.39 is 0 Å². The molecule has 0 saturated carbocycles. The molecule has 0 rings (SSSR count). The van der Waals surface area contributed by atoms with Gasteiger partial charge in [-0.1, -0.05) is 52.4 Å². The summed E-state index contributed by atoms with van der Waals surface area (Å²) in [7, 11) is 0. The standard InChI is InChI=1S/C8H18.H2Te/c1-3-5-7-8-6-4-2;/h3-8H2,1-2H3;1H2. The first-order valence-corrected chi connectivity index (χ1v) is 3.91. The number of hydrogen-bond donors (Lipinski definition) is 0. The molecule has 0 fully saturated rings. The Morgan fingerprint density at radius 3 is 1.22 bits per heavy atom. The van der Waals surface area contributed by atoms with Gasteiger partial charge in [-0.05, 0) is 0 Å². The summed E-state index contributed by atoms with van der Waals surface area (Å²) in [6, 6.07) is 0. The molecule has 0 aliphatic rings. The van der Waals surface area contributed by atoms with Crippen molar-refractivity contribution in [3.05, 3.63) is 0 Å². The van der Waals surface area contributed by atoms with Gasteiger partial charge < -0.3 is 0 Å². The van der Waals surface area contributed by atoms with Crippen molar-refractivity contribution in [2.24, 2.45) is 0 Å². The Balaban J connectivity index is 0. The Hall–Kier alpha value is 0.790. The van der Waals surface area contributed by atoms with Crippen LogP contribution in [0, 0.1) is 0 Å². The quantitative estimate of drug-likeness (QED) is 0.514. The van der Waals surface area contributed by atoms with Crippen LogP contribution in [0.25, 0.3) is 0 Å². The fourth-order valence-corrected chi connectivity index (χ4v) is 0.854. The van der Waals surface area contributed by atoms with Gasteiger partial charge in [0.15, 0.2) is 0 Å². The Morgan fingerprint density at radius 1 is 0.667 bits per heavy atom. The molecule has 0 unspecified atom stereocenters. The normalized spacial score (nSPS) is 8.67. The van der Waals surface area contributed by atoms with Crippen LogP contribution in [-0.2, 0) is 0 Å². The summed E-state index contributed by atoms with van der Waals surface area (Å²) in [6.45, 7) is 4.51. The van der Waals surface area contributed by atoms with Crippen LogP contribution in [0.2, 0.25) is 0 Å². The molecular weight excluding hydrogens is 224 g/mol. The van der Waals surface area contributed by atoms with E-state index in [1.54, 1.807) is 0 Å². The molecule has 0 radical (unpaired) electrons. The van der Waals surface area contributed by atoms with Crippen molar-refractivity contribution in [2.45, 2.75) is 52.4 Å². The Labute approximate surface area is 76.1 Å². The van der Waals surface area contributed by atoms with E-state index in [1.165, 1.54) is 38.5 Å². The van der Waals surface area contributed by atoms with E-state index >= 15 is 0 Å². The van der Waals surface area contributed by atoms with Crippen molar-refractivity contribution in [1.82, 2.24) is 0 Å². The topological polar surface area (TPSA) is 0 Å². The molecule has 0 amide bonds. The van der Waals surface area contributed by atoms with Crippen molar-refractivity contribution >= 4 is 23.7 Å². The zero-order chi connectivity index (χ0) is 6.24. The van der Waals surface area contributed by atoms with Crippen molar-refractivity contribution in [3.63, 3.8) is 0 Å². The first-order valence-electron chi connectivity index (χ1n) is 3.91. The number of hydrogen-bond acceptors (Lipinski definition) is 0. The van der Waals surface area contributed by atoms with E-state index in [4.69, 9.17) is 0 Å². The molecule has 0 aromatic heterocycles. The summed E-state index contributed by atoms with van der Waals surface area (Å²) in [5.74, 6) is 0. The second-order valence-corrected chi connectivity index (χ2v) is 2.41. The van der Waals surface area contributed by atoms with E-state index in [0.717, 1.165) is 0 Å². The first-order chi connectivity index (χ1) is 3.91. The van der Waals surface area contributed by atoms with Gasteiger partial charge in [0, 0.05) is 0 Å². The Kier molecular flexibility index (Phi) is 16.0. The maximum atomic E-state index is 2.26. The summed E-state index contributed by atoms with van der Waals surface area (Å²) in [5, 5.41) is 0. The molecule has 1 heteroatoms. The van der Waals surface area contributed by atoms with E-state index in [-0.39, 0.29) is 23.7 Å². The summed E-state index contributed by atoms with van der Waals surface area (Å²) in [6.07, 6.45) is 8.49. The van der Waals surface area contributed by atoms with Crippen LogP contribution in [-0.4, -0.2) is 23.7 Å². The molecule has 0 nitrogen and oxygen atoms in total. The molecule has 0 bridgehead atoms. The molecule has 0 heterocycles. The molecule has 0 aliphatic heterocycles. The van der Waals surface area contributed by atoms with Crippen LogP contribution in [0.4, 0.5) is 0 Å². The molecule has 58 valence electrons. The fraction of sp³-hybridized carbons (Fsp3) is 1.00. The van der Waals surface area contributed by atoms with Crippen LogP contribution >= 0.6 is 0 Å². The summed E-state index contributed by atoms with van der Waals surface area (Å²) >= 11 is 0. The van der Waals surface area contributed by atoms with Gasteiger partial charge in [0.2, 0.25) is 0 Å².